The van der Waals surface area contributed by atoms with E-state index in [1.54, 1.807) is 37.3 Å². The minimum Gasteiger partial charge on any atom is -0.488 e. The van der Waals surface area contributed by atoms with E-state index in [0.29, 0.717) is 22.4 Å². The molecular formula is C16H14BrFO3. The van der Waals surface area contributed by atoms with Crippen molar-refractivity contribution in [2.75, 3.05) is 6.61 Å². The van der Waals surface area contributed by atoms with Crippen LogP contribution in [0.2, 0.25) is 0 Å². The zero-order valence-corrected chi connectivity index (χ0v) is 13.0. The second-order valence-electron chi connectivity index (χ2n) is 4.28. The van der Waals surface area contributed by atoms with Crippen LogP contribution in [0.25, 0.3) is 0 Å². The van der Waals surface area contributed by atoms with E-state index in [1.807, 2.05) is 0 Å². The minimum atomic E-state index is -0.380. The minimum absolute atomic E-state index is 0.245. The van der Waals surface area contributed by atoms with Crippen LogP contribution < -0.4 is 4.74 Å². The number of hydrogen-bond acceptors (Lipinski definition) is 3. The average molecular weight is 353 g/mol. The Morgan fingerprint density at radius 1 is 1.24 bits per heavy atom. The van der Waals surface area contributed by atoms with Gasteiger partial charge in [0.05, 0.1) is 16.6 Å². The molecule has 0 heterocycles. The average Bonchev–Trinajstić information content (AvgIpc) is 2.46. The molecule has 2 aromatic rings. The molecule has 0 aliphatic heterocycles. The number of halogens is 2. The molecule has 0 aromatic heterocycles. The number of benzene rings is 2. The summed E-state index contributed by atoms with van der Waals surface area (Å²) in [7, 11) is 0. The summed E-state index contributed by atoms with van der Waals surface area (Å²) in [6.07, 6.45) is 0. The summed E-state index contributed by atoms with van der Waals surface area (Å²) in [5.41, 5.74) is 1.18. The van der Waals surface area contributed by atoms with Crippen molar-refractivity contribution in [3.63, 3.8) is 0 Å². The molecule has 2 aromatic carbocycles. The molecule has 0 atom stereocenters. The SMILES string of the molecule is CCOC(=O)c1ccc(OCc2cccc(F)c2)c(Br)c1. The van der Waals surface area contributed by atoms with E-state index in [1.165, 1.54) is 12.1 Å². The number of carbonyl (C=O) groups excluding carboxylic acids is 1. The normalized spacial score (nSPS) is 10.2. The Bertz CT molecular complexity index is 643. The summed E-state index contributed by atoms with van der Waals surface area (Å²) in [4.78, 5) is 11.6. The quantitative estimate of drug-likeness (QED) is 0.750. The molecule has 0 aliphatic carbocycles. The molecule has 0 aliphatic rings. The monoisotopic (exact) mass is 352 g/mol. The van der Waals surface area contributed by atoms with E-state index in [4.69, 9.17) is 9.47 Å². The van der Waals surface area contributed by atoms with Gasteiger partial charge < -0.3 is 9.47 Å². The van der Waals surface area contributed by atoms with Crippen molar-refractivity contribution in [2.45, 2.75) is 13.5 Å². The molecule has 0 radical (unpaired) electrons. The van der Waals surface area contributed by atoms with E-state index < -0.39 is 0 Å². The molecule has 2 rings (SSSR count). The maximum Gasteiger partial charge on any atom is 0.338 e. The lowest BCUT2D eigenvalue weighted by Gasteiger charge is -2.09. The van der Waals surface area contributed by atoms with E-state index in [0.717, 1.165) is 5.56 Å². The molecule has 5 heteroatoms. The molecule has 0 bridgehead atoms. The van der Waals surface area contributed by atoms with Gasteiger partial charge in [-0.3, -0.25) is 0 Å². The summed E-state index contributed by atoms with van der Waals surface area (Å²) in [6.45, 7) is 2.33. The molecule has 0 saturated heterocycles. The van der Waals surface area contributed by atoms with Crippen LogP contribution in [-0.4, -0.2) is 12.6 Å². The first kappa shape index (κ1) is 15.5. The van der Waals surface area contributed by atoms with E-state index in [-0.39, 0.29) is 18.4 Å². The third kappa shape index (κ3) is 4.29. The van der Waals surface area contributed by atoms with E-state index in [2.05, 4.69) is 15.9 Å². The fourth-order valence-corrected chi connectivity index (χ4v) is 2.24. The lowest BCUT2D eigenvalue weighted by molar-refractivity contribution is 0.0526. The van der Waals surface area contributed by atoms with E-state index in [9.17, 15) is 9.18 Å². The van der Waals surface area contributed by atoms with Crippen LogP contribution in [0.4, 0.5) is 4.39 Å². The smallest absolute Gasteiger partial charge is 0.338 e. The molecule has 0 saturated carbocycles. The highest BCUT2D eigenvalue weighted by Gasteiger charge is 2.10. The fraction of sp³-hybridized carbons (Fsp3) is 0.188. The Kier molecular flexibility index (Phi) is 5.33. The number of rotatable bonds is 5. The van der Waals surface area contributed by atoms with Crippen LogP contribution in [0.5, 0.6) is 5.75 Å². The van der Waals surface area contributed by atoms with Gasteiger partial charge in [-0.1, -0.05) is 12.1 Å². The highest BCUT2D eigenvalue weighted by molar-refractivity contribution is 9.10. The Morgan fingerprint density at radius 2 is 2.05 bits per heavy atom. The summed E-state index contributed by atoms with van der Waals surface area (Å²) >= 11 is 3.35. The maximum absolute atomic E-state index is 13.1. The predicted octanol–water partition coefficient (Wildman–Crippen LogP) is 4.34. The largest absolute Gasteiger partial charge is 0.488 e. The highest BCUT2D eigenvalue weighted by Crippen LogP contribution is 2.27. The Balaban J connectivity index is 2.06. The van der Waals surface area contributed by atoms with E-state index >= 15 is 0 Å². The van der Waals surface area contributed by atoms with Gasteiger partial charge in [0.15, 0.2) is 0 Å². The predicted molar refractivity (Wildman–Crippen MR) is 80.8 cm³/mol. The van der Waals surface area contributed by atoms with Crippen molar-refractivity contribution in [3.8, 4) is 5.75 Å². The van der Waals surface area contributed by atoms with Gasteiger partial charge in [-0.2, -0.15) is 0 Å². The summed E-state index contributed by atoms with van der Waals surface area (Å²) in [5.74, 6) is -0.102. The second-order valence-corrected chi connectivity index (χ2v) is 5.14. The van der Waals surface area contributed by atoms with Gasteiger partial charge in [-0.15, -0.1) is 0 Å². The first-order valence-electron chi connectivity index (χ1n) is 6.44. The van der Waals surface area contributed by atoms with Gasteiger partial charge in [-0.25, -0.2) is 9.18 Å². The molecule has 3 nitrogen and oxygen atoms in total. The standard InChI is InChI=1S/C16H14BrFO3/c1-2-20-16(19)12-6-7-15(14(17)9-12)21-10-11-4-3-5-13(18)8-11/h3-9H,2,10H2,1H3. The van der Waals surface area contributed by atoms with Gasteiger partial charge in [0.25, 0.3) is 0 Å². The van der Waals surface area contributed by atoms with Crippen LogP contribution in [0.15, 0.2) is 46.9 Å². The van der Waals surface area contributed by atoms with Crippen molar-refractivity contribution < 1.29 is 18.7 Å². The number of hydrogen-bond donors (Lipinski definition) is 0. The molecule has 0 amide bonds. The van der Waals surface area contributed by atoms with Crippen molar-refractivity contribution >= 4 is 21.9 Å². The van der Waals surface area contributed by atoms with Crippen LogP contribution in [0.3, 0.4) is 0 Å². The Morgan fingerprint density at radius 3 is 2.71 bits per heavy atom. The maximum atomic E-state index is 13.1. The zero-order chi connectivity index (χ0) is 15.2. The lowest BCUT2D eigenvalue weighted by atomic mass is 10.2. The lowest BCUT2D eigenvalue weighted by Crippen LogP contribution is -2.05. The Hall–Kier alpha value is -1.88. The van der Waals surface area contributed by atoms with Gasteiger partial charge >= 0.3 is 5.97 Å². The number of esters is 1. The van der Waals surface area contributed by atoms with Gasteiger partial charge in [0.2, 0.25) is 0 Å². The molecule has 21 heavy (non-hydrogen) atoms. The van der Waals surface area contributed by atoms with Crippen LogP contribution in [0, 0.1) is 5.82 Å². The molecule has 0 fully saturated rings. The zero-order valence-electron chi connectivity index (χ0n) is 11.4. The fourth-order valence-electron chi connectivity index (χ4n) is 1.75. The highest BCUT2D eigenvalue weighted by atomic mass is 79.9. The molecular weight excluding hydrogens is 339 g/mol. The molecule has 0 spiro atoms. The summed E-state index contributed by atoms with van der Waals surface area (Å²) in [6, 6.07) is 11.2. The van der Waals surface area contributed by atoms with Crippen molar-refractivity contribution in [1.82, 2.24) is 0 Å². The van der Waals surface area contributed by atoms with Crippen molar-refractivity contribution in [1.29, 1.82) is 0 Å². The topological polar surface area (TPSA) is 35.5 Å². The third-order valence-electron chi connectivity index (χ3n) is 2.73. The number of ether oxygens (including phenoxy) is 2. The summed E-state index contributed by atoms with van der Waals surface area (Å²) < 4.78 is 24.2. The number of carbonyl (C=O) groups is 1. The van der Waals surface area contributed by atoms with Crippen LogP contribution in [0.1, 0.15) is 22.8 Å². The summed E-state index contributed by atoms with van der Waals surface area (Å²) in [5, 5.41) is 0. The van der Waals surface area contributed by atoms with Crippen LogP contribution in [-0.2, 0) is 11.3 Å². The Labute approximate surface area is 130 Å². The second kappa shape index (κ2) is 7.22. The molecule has 0 unspecified atom stereocenters. The first-order chi connectivity index (χ1) is 10.1. The third-order valence-corrected chi connectivity index (χ3v) is 3.35. The van der Waals surface area contributed by atoms with Gasteiger partial charge in [0.1, 0.15) is 18.2 Å². The molecule has 110 valence electrons. The first-order valence-corrected chi connectivity index (χ1v) is 7.23. The van der Waals surface area contributed by atoms with Gasteiger partial charge in [0, 0.05) is 0 Å². The van der Waals surface area contributed by atoms with Crippen molar-refractivity contribution in [3.05, 3.63) is 63.9 Å². The molecule has 0 N–H and O–H groups in total. The van der Waals surface area contributed by atoms with Gasteiger partial charge in [-0.05, 0) is 58.7 Å². The van der Waals surface area contributed by atoms with Crippen molar-refractivity contribution in [2.24, 2.45) is 0 Å². The van der Waals surface area contributed by atoms with Crippen LogP contribution >= 0.6 is 15.9 Å².